The Morgan fingerprint density at radius 2 is 0.490 bits per heavy atom. The number of rotatable bonds is 20. The molecule has 12 N–H and O–H groups in total. The first-order valence-corrected chi connectivity index (χ1v) is 62.0. The van der Waals surface area contributed by atoms with E-state index in [4.69, 9.17) is 24.8 Å². The van der Waals surface area contributed by atoms with Crippen molar-refractivity contribution in [1.82, 2.24) is 0 Å². The number of hydrogen-bond donors (Lipinski definition) is 12. The van der Waals surface area contributed by atoms with E-state index in [9.17, 15) is 69.9 Å². The third-order valence-corrected chi connectivity index (χ3v) is 52.2. The van der Waals surface area contributed by atoms with E-state index in [1.54, 1.807) is 0 Å². The largest absolute Gasteiger partial charge is 0.481 e. The Bertz CT molecular complexity index is 4440. The minimum atomic E-state index is -0.748. The molecule has 20 rings (SSSR count). The molecular formula is C128H216O19. The summed E-state index contributed by atoms with van der Waals surface area (Å²) >= 11 is 0. The van der Waals surface area contributed by atoms with Crippen LogP contribution in [-0.2, 0) is 33.4 Å². The molecule has 0 spiro atoms. The van der Waals surface area contributed by atoms with Crippen molar-refractivity contribution in [3.05, 3.63) is 0 Å². The number of ether oxygens (including phenoxy) is 2. The lowest BCUT2D eigenvalue weighted by atomic mass is 9.43. The lowest BCUT2D eigenvalue weighted by Gasteiger charge is -2.63. The lowest BCUT2D eigenvalue weighted by Crippen LogP contribution is -2.62. The molecule has 0 aromatic heterocycles. The van der Waals surface area contributed by atoms with Crippen LogP contribution in [0.5, 0.6) is 0 Å². The molecule has 19 heteroatoms. The standard InChI is InChI=1S/C28H48O4.C28H48O3.C24H40O5.C24H40O4.C24H40O3/c1-17(7-12-25(31)32-26(2,3)4)21-10-11-22-20-9-8-18-15-19(29)13-14-27(18,5)23(20)16-24(30)28(21,22)6;1-18(7-12-25(30)31-26(2,3)4)22-10-11-23-21-9-8-19-17-20(29)13-15-27(19,5)24(21)14-16-28(22,23)6;1-13(4-7-21(28)29)16-5-6-17-22-18(12-20(27)24(16,17)3)23(2)9-8-15(25)10-14(23)11-19(22)26;1-14(4-9-22(27)28)18-7-8-19-17-6-5-15-12-16(25)10-11-23(15,2)20(17)13-21(26)24(18,19)3;1-15(4-9-22(26)27)19-7-8-20-18-6-5-16-14-17(25)10-12-23(16,2)21(18)11-13-24(19,20)3/h17-24,29-30H,7-16H2,1-6H3;18-24,29H,7-17H2,1-6H3;13-20,22,25-27H,4-12H2,1-3H3,(H,28,29);14-21,25-26H,4-13H2,1-3H3,(H,27,28);15-21,25H,4-14H2,1-3H3,(H,26,27)/t17-,18-,19-,20+,21-,22+,23+,24+,27+,28-;18-,19-,20-,21+,22-,23+,24+,27+,28-;13?,14-,15+,16?,17-,18?,19+,20-,22?,23-,24+;14?,15-,16-,17?,18?,19+,20+,21+,23+,24-;15?,16-,17-,18?,19?,20+,21?,23+,24-/m11011/s1. The number of carboxylic acids is 3. The normalized spacial score (nSPS) is 49.5. The minimum absolute atomic E-state index is 0.0338. The smallest absolute Gasteiger partial charge is 0.306 e. The van der Waals surface area contributed by atoms with Crippen molar-refractivity contribution in [1.29, 1.82) is 0 Å². The molecule has 20 aliphatic rings. The molecule has 842 valence electrons. The second kappa shape index (κ2) is 44.7. The number of esters is 2. The van der Waals surface area contributed by atoms with Crippen LogP contribution in [0.25, 0.3) is 0 Å². The van der Waals surface area contributed by atoms with Crippen LogP contribution in [0.1, 0.15) is 473 Å². The topological polar surface area (TPSA) is 347 Å². The van der Waals surface area contributed by atoms with E-state index in [1.807, 2.05) is 41.5 Å². The average molecular weight is 2060 g/mol. The summed E-state index contributed by atoms with van der Waals surface area (Å²) in [5.74, 6) is 15.4. The summed E-state index contributed by atoms with van der Waals surface area (Å²) in [5, 5.41) is 124. The summed E-state index contributed by atoms with van der Waals surface area (Å²) in [6, 6.07) is 0. The van der Waals surface area contributed by atoms with Gasteiger partial charge in [-0.3, -0.25) is 24.0 Å². The number of carbonyl (C=O) groups excluding carboxylic acids is 2. The summed E-state index contributed by atoms with van der Waals surface area (Å²) in [5.41, 5.74) is 1.31. The zero-order chi connectivity index (χ0) is 107. The van der Waals surface area contributed by atoms with Gasteiger partial charge in [-0.15, -0.1) is 0 Å². The number of carbonyl (C=O) groups is 5. The number of fused-ring (bicyclic) bond motifs is 25. The fraction of sp³-hybridized carbons (Fsp3) is 0.961. The van der Waals surface area contributed by atoms with Gasteiger partial charge in [0.05, 0.1) is 54.9 Å². The van der Waals surface area contributed by atoms with Gasteiger partial charge in [0.2, 0.25) is 0 Å². The molecule has 20 saturated carbocycles. The maximum Gasteiger partial charge on any atom is 0.306 e. The fourth-order valence-corrected chi connectivity index (χ4v) is 44.4. The zero-order valence-electron chi connectivity index (χ0n) is 96.3. The van der Waals surface area contributed by atoms with E-state index in [0.717, 1.165) is 207 Å². The van der Waals surface area contributed by atoms with Gasteiger partial charge in [-0.25, -0.2) is 0 Å². The van der Waals surface area contributed by atoms with Crippen LogP contribution in [0.3, 0.4) is 0 Å². The highest BCUT2D eigenvalue weighted by Crippen LogP contribution is 2.76. The van der Waals surface area contributed by atoms with Gasteiger partial charge in [-0.1, -0.05) is 104 Å². The van der Waals surface area contributed by atoms with Crippen LogP contribution in [-0.4, -0.2) is 157 Å². The number of aliphatic carboxylic acids is 3. The highest BCUT2D eigenvalue weighted by atomic mass is 16.6. The van der Waals surface area contributed by atoms with E-state index in [2.05, 4.69) is 104 Å². The summed E-state index contributed by atoms with van der Waals surface area (Å²) < 4.78 is 11.1. The molecule has 49 atom stereocenters. The Morgan fingerprint density at radius 3 is 0.803 bits per heavy atom. The predicted molar refractivity (Wildman–Crippen MR) is 578 cm³/mol. The van der Waals surface area contributed by atoms with Gasteiger partial charge in [-0.05, 0) is 569 Å². The molecule has 20 fully saturated rings. The third-order valence-electron chi connectivity index (χ3n) is 52.2. The molecule has 0 bridgehead atoms. The van der Waals surface area contributed by atoms with Gasteiger partial charge in [0.1, 0.15) is 11.2 Å². The molecule has 19 nitrogen and oxygen atoms in total. The van der Waals surface area contributed by atoms with Gasteiger partial charge >= 0.3 is 29.8 Å². The van der Waals surface area contributed by atoms with Crippen LogP contribution in [0.2, 0.25) is 0 Å². The Labute approximate surface area is 890 Å². The maximum absolute atomic E-state index is 12.3. The summed E-state index contributed by atoms with van der Waals surface area (Å²) in [7, 11) is 0. The van der Waals surface area contributed by atoms with E-state index in [0.29, 0.717) is 160 Å². The molecule has 11 unspecified atom stereocenters. The highest BCUT2D eigenvalue weighted by molar-refractivity contribution is 5.70. The van der Waals surface area contributed by atoms with Crippen molar-refractivity contribution in [2.75, 3.05) is 0 Å². The first kappa shape index (κ1) is 116. The van der Waals surface area contributed by atoms with Crippen LogP contribution < -0.4 is 0 Å². The van der Waals surface area contributed by atoms with Crippen molar-refractivity contribution >= 4 is 29.8 Å². The van der Waals surface area contributed by atoms with Crippen molar-refractivity contribution in [3.63, 3.8) is 0 Å². The van der Waals surface area contributed by atoms with Crippen LogP contribution in [0.15, 0.2) is 0 Å². The zero-order valence-corrected chi connectivity index (χ0v) is 96.3. The molecule has 0 amide bonds. The van der Waals surface area contributed by atoms with Crippen molar-refractivity contribution in [2.45, 2.75) is 539 Å². The average Bonchev–Trinajstić information content (AvgIpc) is 1.65. The van der Waals surface area contributed by atoms with Gasteiger partial charge < -0.3 is 70.8 Å². The quantitative estimate of drug-likeness (QED) is 0.0504. The van der Waals surface area contributed by atoms with Gasteiger partial charge in [0, 0.05) is 32.1 Å². The van der Waals surface area contributed by atoms with Gasteiger partial charge in [0.25, 0.3) is 0 Å². The molecule has 0 heterocycles. The molecule has 147 heavy (non-hydrogen) atoms. The molecule has 0 radical (unpaired) electrons. The van der Waals surface area contributed by atoms with Crippen molar-refractivity contribution < 1.29 is 94.7 Å². The summed E-state index contributed by atoms with van der Waals surface area (Å²) in [6.07, 6.45) is 50.5. The van der Waals surface area contributed by atoms with Crippen LogP contribution in [0.4, 0.5) is 0 Å². The molecule has 0 aromatic carbocycles. The molecule has 0 aromatic rings. The van der Waals surface area contributed by atoms with E-state index in [-0.39, 0.29) is 124 Å². The van der Waals surface area contributed by atoms with Crippen LogP contribution >= 0.6 is 0 Å². The van der Waals surface area contributed by atoms with E-state index >= 15 is 0 Å². The minimum Gasteiger partial charge on any atom is -0.481 e. The van der Waals surface area contributed by atoms with Crippen LogP contribution in [0, 0.1) is 232 Å². The first-order chi connectivity index (χ1) is 68.8. The fourth-order valence-electron chi connectivity index (χ4n) is 44.4. The van der Waals surface area contributed by atoms with Gasteiger partial charge in [0.15, 0.2) is 0 Å². The number of aliphatic hydroxyl groups excluding tert-OH is 9. The second-order valence-corrected chi connectivity index (χ2v) is 60.9. The Morgan fingerprint density at radius 1 is 0.252 bits per heavy atom. The Hall–Kier alpha value is -3.01. The summed E-state index contributed by atoms with van der Waals surface area (Å²) in [4.78, 5) is 57.7. The monoisotopic (exact) mass is 2060 g/mol. The Balaban J connectivity index is 0.000000131. The highest BCUT2D eigenvalue weighted by Gasteiger charge is 2.71. The predicted octanol–water partition coefficient (Wildman–Crippen LogP) is 25.9. The van der Waals surface area contributed by atoms with E-state index in [1.165, 1.54) is 135 Å². The second-order valence-electron chi connectivity index (χ2n) is 60.9. The third kappa shape index (κ3) is 22.3. The molecule has 0 aliphatic heterocycles. The van der Waals surface area contributed by atoms with Crippen molar-refractivity contribution in [3.8, 4) is 0 Å². The lowest BCUT2D eigenvalue weighted by molar-refractivity contribution is -0.207. The molecule has 20 aliphatic carbocycles. The number of carboxylic acid groups (broad SMARTS) is 3. The molecular weight excluding hydrogens is 1840 g/mol. The number of aliphatic hydroxyl groups is 9. The van der Waals surface area contributed by atoms with E-state index < -0.39 is 29.6 Å². The summed E-state index contributed by atoms with van der Waals surface area (Å²) in [6.45, 7) is 47.5. The molecule has 0 saturated heterocycles. The first-order valence-electron chi connectivity index (χ1n) is 62.0. The maximum atomic E-state index is 12.3. The van der Waals surface area contributed by atoms with Gasteiger partial charge in [-0.2, -0.15) is 0 Å². The Kier molecular flexibility index (Phi) is 35.4. The SMILES string of the molecule is CC(CCC(=O)O)C1CC[C@H]2C3C(C[C@H](O)[C@]12C)[C@@]1(C)CC[C@@H](O)C[C@H]1C[C@H]3O.CC(CCC(=O)O)C1CC[C@H]2C3CC[C@@H]4C[C@H](O)CC[C@]4(C)C3CC[C@]12C.CC(CCC(=O)O)C1CC[C@H]2C3CC[C@@H]4C[C@H](O)CC[C@]4(C)[C@H]3C[C@H](O)[C@]12C.C[C@H](CCC(=O)OC(C)(C)C)[C@H]1CC[C@H]2[C@@H]3CC[C@@H]4C[C@H](O)CC[C@]4(C)[C@H]3CC[C@]12C.C[C@H](CCC(=O)OC(C)(C)C)[C@H]1CC[C@H]2[C@@H]3CC[C@@H]4C[C@H](O)CC[C@]4(C)[C@H]3C[C@H](O)[C@]12C. The van der Waals surface area contributed by atoms with Crippen molar-refractivity contribution in [2.24, 2.45) is 232 Å². The number of hydrogen-bond acceptors (Lipinski definition) is 16.